The third-order valence-electron chi connectivity index (χ3n) is 4.66. The van der Waals surface area contributed by atoms with E-state index in [0.29, 0.717) is 37.4 Å². The summed E-state index contributed by atoms with van der Waals surface area (Å²) in [5.41, 5.74) is 1.37. The van der Waals surface area contributed by atoms with Gasteiger partial charge in [0.05, 0.1) is 4.90 Å². The Labute approximate surface area is 158 Å². The van der Waals surface area contributed by atoms with E-state index >= 15 is 0 Å². The molecule has 27 heavy (non-hydrogen) atoms. The van der Waals surface area contributed by atoms with E-state index in [4.69, 9.17) is 0 Å². The normalized spacial score (nSPS) is 16.3. The zero-order valence-corrected chi connectivity index (χ0v) is 16.1. The number of carbonyl (C=O) groups excluding carboxylic acids is 1. The third kappa shape index (κ3) is 4.35. The summed E-state index contributed by atoms with van der Waals surface area (Å²) in [6, 6.07) is 9.95. The molecule has 0 aliphatic carbocycles. The van der Waals surface area contributed by atoms with Crippen LogP contribution in [-0.2, 0) is 10.0 Å². The number of halogens is 1. The molecule has 0 unspecified atom stereocenters. The summed E-state index contributed by atoms with van der Waals surface area (Å²) in [7, 11) is -1.71. The van der Waals surface area contributed by atoms with Crippen molar-refractivity contribution in [2.75, 3.05) is 38.5 Å². The Morgan fingerprint density at radius 1 is 1.04 bits per heavy atom. The van der Waals surface area contributed by atoms with Gasteiger partial charge in [-0.3, -0.25) is 4.79 Å². The smallest absolute Gasteiger partial charge is 0.255 e. The van der Waals surface area contributed by atoms with E-state index in [0.717, 1.165) is 0 Å². The van der Waals surface area contributed by atoms with Gasteiger partial charge in [-0.1, -0.05) is 6.07 Å². The lowest BCUT2D eigenvalue weighted by atomic mass is 10.1. The standard InChI is InChI=1S/C19H22FN3O3S/c1-14-3-8-17(27(25,26)23-11-9-22(2)10-12-23)13-18(14)19(24)21-16-6-4-15(20)5-7-16/h3-8,13H,9-12H2,1-2H3,(H,21,24). The molecule has 1 aliphatic heterocycles. The molecular formula is C19H22FN3O3S. The molecule has 0 aromatic heterocycles. The largest absolute Gasteiger partial charge is 0.322 e. The molecule has 3 rings (SSSR count). The van der Waals surface area contributed by atoms with E-state index in [-0.39, 0.29) is 10.5 Å². The molecule has 2 aromatic rings. The van der Waals surface area contributed by atoms with E-state index < -0.39 is 21.7 Å². The summed E-state index contributed by atoms with van der Waals surface area (Å²) in [6.45, 7) is 3.92. The number of carbonyl (C=O) groups is 1. The Morgan fingerprint density at radius 2 is 1.67 bits per heavy atom. The first-order chi connectivity index (χ1) is 12.8. The second-order valence-corrected chi connectivity index (χ2v) is 8.58. The molecule has 0 bridgehead atoms. The predicted octanol–water partition coefficient (Wildman–Crippen LogP) is 2.32. The average Bonchev–Trinajstić information content (AvgIpc) is 2.64. The molecule has 6 nitrogen and oxygen atoms in total. The van der Waals surface area contributed by atoms with Crippen LogP contribution in [0.5, 0.6) is 0 Å². The maximum Gasteiger partial charge on any atom is 0.255 e. The van der Waals surface area contributed by atoms with Gasteiger partial charge in [-0.15, -0.1) is 0 Å². The number of sulfonamides is 1. The van der Waals surface area contributed by atoms with Crippen LogP contribution < -0.4 is 5.32 Å². The summed E-state index contributed by atoms with van der Waals surface area (Å²) in [4.78, 5) is 14.8. The number of piperazine rings is 1. The van der Waals surface area contributed by atoms with Gasteiger partial charge in [0.1, 0.15) is 5.82 Å². The minimum absolute atomic E-state index is 0.0990. The zero-order chi connectivity index (χ0) is 19.6. The van der Waals surface area contributed by atoms with Crippen LogP contribution in [0.4, 0.5) is 10.1 Å². The van der Waals surface area contributed by atoms with Crippen molar-refractivity contribution in [3.63, 3.8) is 0 Å². The monoisotopic (exact) mass is 391 g/mol. The zero-order valence-electron chi connectivity index (χ0n) is 15.3. The highest BCUT2D eigenvalue weighted by atomic mass is 32.2. The van der Waals surface area contributed by atoms with Crippen molar-refractivity contribution in [1.29, 1.82) is 0 Å². The maximum atomic E-state index is 13.0. The number of nitrogens with zero attached hydrogens (tertiary/aromatic N) is 2. The topological polar surface area (TPSA) is 69.7 Å². The summed E-state index contributed by atoms with van der Waals surface area (Å²) < 4.78 is 40.3. The maximum absolute atomic E-state index is 13.0. The lowest BCUT2D eigenvalue weighted by Gasteiger charge is -2.31. The van der Waals surface area contributed by atoms with E-state index in [1.54, 1.807) is 13.0 Å². The number of aryl methyl sites for hydroxylation is 1. The Hall–Kier alpha value is -2.29. The van der Waals surface area contributed by atoms with E-state index in [2.05, 4.69) is 10.2 Å². The molecule has 0 spiro atoms. The molecule has 8 heteroatoms. The average molecular weight is 391 g/mol. The molecule has 1 amide bonds. The molecule has 2 aromatic carbocycles. The second kappa shape index (κ2) is 7.75. The number of hydrogen-bond donors (Lipinski definition) is 1. The van der Waals surface area contributed by atoms with E-state index in [1.165, 1.54) is 40.7 Å². The van der Waals surface area contributed by atoms with E-state index in [9.17, 15) is 17.6 Å². The van der Waals surface area contributed by atoms with Crippen molar-refractivity contribution in [2.45, 2.75) is 11.8 Å². The SMILES string of the molecule is Cc1ccc(S(=O)(=O)N2CCN(C)CC2)cc1C(=O)Nc1ccc(F)cc1. The van der Waals surface area contributed by atoms with Gasteiger partial charge >= 0.3 is 0 Å². The van der Waals surface area contributed by atoms with Crippen LogP contribution in [0.15, 0.2) is 47.4 Å². The van der Waals surface area contributed by atoms with Gasteiger partial charge in [-0.25, -0.2) is 12.8 Å². The predicted molar refractivity (Wildman–Crippen MR) is 102 cm³/mol. The van der Waals surface area contributed by atoms with Crippen LogP contribution >= 0.6 is 0 Å². The van der Waals surface area contributed by atoms with Crippen molar-refractivity contribution >= 4 is 21.6 Å². The van der Waals surface area contributed by atoms with Crippen molar-refractivity contribution in [3.8, 4) is 0 Å². The Kier molecular flexibility index (Phi) is 5.59. The molecule has 1 saturated heterocycles. The number of benzene rings is 2. The van der Waals surface area contributed by atoms with Gasteiger partial charge in [0.25, 0.3) is 5.91 Å². The lowest BCUT2D eigenvalue weighted by Crippen LogP contribution is -2.47. The number of nitrogens with one attached hydrogen (secondary N) is 1. The minimum atomic E-state index is -3.66. The highest BCUT2D eigenvalue weighted by Crippen LogP contribution is 2.22. The van der Waals surface area contributed by atoms with Crippen LogP contribution in [0.3, 0.4) is 0 Å². The molecule has 0 atom stereocenters. The van der Waals surface area contributed by atoms with Crippen molar-refractivity contribution < 1.29 is 17.6 Å². The van der Waals surface area contributed by atoms with E-state index in [1.807, 2.05) is 7.05 Å². The van der Waals surface area contributed by atoms with Gasteiger partial charge in [-0.2, -0.15) is 4.31 Å². The Morgan fingerprint density at radius 3 is 2.30 bits per heavy atom. The minimum Gasteiger partial charge on any atom is -0.322 e. The van der Waals surface area contributed by atoms with Crippen molar-refractivity contribution in [1.82, 2.24) is 9.21 Å². The number of likely N-dealkylation sites (N-methyl/N-ethyl adjacent to an activating group) is 1. The Balaban J connectivity index is 1.85. The molecule has 1 aliphatic rings. The van der Waals surface area contributed by atoms with Gasteiger partial charge in [0.2, 0.25) is 10.0 Å². The molecular weight excluding hydrogens is 369 g/mol. The van der Waals surface area contributed by atoms with Gasteiger partial charge in [0, 0.05) is 37.4 Å². The quantitative estimate of drug-likeness (QED) is 0.869. The number of anilines is 1. The molecule has 0 radical (unpaired) electrons. The number of amides is 1. The summed E-state index contributed by atoms with van der Waals surface area (Å²) in [5.74, 6) is -0.834. The fourth-order valence-electron chi connectivity index (χ4n) is 2.92. The number of rotatable bonds is 4. The number of hydrogen-bond acceptors (Lipinski definition) is 4. The first kappa shape index (κ1) is 19.5. The van der Waals surface area contributed by atoms with Gasteiger partial charge < -0.3 is 10.2 Å². The molecule has 1 N–H and O–H groups in total. The van der Waals surface area contributed by atoms with Crippen LogP contribution in [-0.4, -0.2) is 56.8 Å². The van der Waals surface area contributed by atoms with Crippen LogP contribution in [0.2, 0.25) is 0 Å². The first-order valence-corrected chi connectivity index (χ1v) is 10.1. The van der Waals surface area contributed by atoms with Crippen molar-refractivity contribution in [2.24, 2.45) is 0 Å². The van der Waals surface area contributed by atoms with Crippen LogP contribution in [0, 0.1) is 12.7 Å². The lowest BCUT2D eigenvalue weighted by molar-refractivity contribution is 0.102. The molecule has 144 valence electrons. The fourth-order valence-corrected chi connectivity index (χ4v) is 4.36. The first-order valence-electron chi connectivity index (χ1n) is 8.63. The molecule has 1 heterocycles. The summed E-state index contributed by atoms with van der Waals surface area (Å²) >= 11 is 0. The highest BCUT2D eigenvalue weighted by Gasteiger charge is 2.28. The second-order valence-electron chi connectivity index (χ2n) is 6.65. The fraction of sp³-hybridized carbons (Fsp3) is 0.316. The Bertz CT molecular complexity index is 937. The van der Waals surface area contributed by atoms with Crippen LogP contribution in [0.1, 0.15) is 15.9 Å². The molecule has 0 saturated carbocycles. The summed E-state index contributed by atoms with van der Waals surface area (Å²) in [5, 5.41) is 2.67. The van der Waals surface area contributed by atoms with Crippen molar-refractivity contribution in [3.05, 3.63) is 59.4 Å². The van der Waals surface area contributed by atoms with Gasteiger partial charge in [-0.05, 0) is 55.9 Å². The van der Waals surface area contributed by atoms with Gasteiger partial charge in [0.15, 0.2) is 0 Å². The molecule has 1 fully saturated rings. The van der Waals surface area contributed by atoms with Crippen LogP contribution in [0.25, 0.3) is 0 Å². The third-order valence-corrected chi connectivity index (χ3v) is 6.55. The highest BCUT2D eigenvalue weighted by molar-refractivity contribution is 7.89. The summed E-state index contributed by atoms with van der Waals surface area (Å²) in [6.07, 6.45) is 0.